The Hall–Kier alpha value is -2.22. The minimum Gasteiger partial charge on any atom is -0.210 e. The first-order valence-corrected chi connectivity index (χ1v) is 10.0. The highest BCUT2D eigenvalue weighted by Crippen LogP contribution is 2.37. The number of rotatable bonds is 10. The third-order valence-corrected chi connectivity index (χ3v) is 9.86. The third-order valence-electron chi connectivity index (χ3n) is 3.69. The predicted molar refractivity (Wildman–Crippen MR) is 86.8 cm³/mol. The highest BCUT2D eigenvalue weighted by molar-refractivity contribution is 8.08. The second kappa shape index (κ2) is 9.31. The molecule has 0 unspecified atom stereocenters. The van der Waals surface area contributed by atoms with Gasteiger partial charge in [-0.3, -0.25) is 0 Å². The van der Waals surface area contributed by atoms with Gasteiger partial charge in [-0.1, -0.05) is 13.8 Å². The molecule has 0 radical (unpaired) electrons. The lowest BCUT2D eigenvalue weighted by Gasteiger charge is -2.37. The van der Waals surface area contributed by atoms with Crippen LogP contribution in [0.5, 0.6) is 0 Å². The highest BCUT2D eigenvalue weighted by Gasteiger charge is 2.57. The minimum atomic E-state index is -4.65. The predicted octanol–water partition coefficient (Wildman–Crippen LogP) is -0.139. The van der Waals surface area contributed by atoms with Crippen molar-refractivity contribution in [1.29, 1.82) is 21.0 Å². The van der Waals surface area contributed by atoms with Crippen LogP contribution in [0.3, 0.4) is 0 Å². The second-order valence-electron chi connectivity index (χ2n) is 4.80. The number of sulfonamides is 2. The Bertz CT molecular complexity index is 735. The van der Waals surface area contributed by atoms with Crippen LogP contribution in [0, 0.1) is 45.3 Å². The third kappa shape index (κ3) is 4.07. The Morgan fingerprint density at radius 3 is 1.08 bits per heavy atom. The molecule has 0 atom stereocenters. The monoisotopic (exact) mass is 386 g/mol. The normalized spacial score (nSPS) is 12.2. The van der Waals surface area contributed by atoms with Crippen LogP contribution >= 0.6 is 0 Å². The summed E-state index contributed by atoms with van der Waals surface area (Å²) < 4.78 is 50.6. The van der Waals surface area contributed by atoms with E-state index in [1.54, 1.807) is 24.3 Å². The average molecular weight is 386 g/mol. The standard InChI is InChI=1S/C13H18N6O4S2/c1-3-13(4-2,24(20,21)18(9-5-14)10-6-15)25(22,23)19(11-7-16)12-8-17/h3-4,9-12H2,1-2H3. The largest absolute Gasteiger partial charge is 0.237 e. The zero-order valence-electron chi connectivity index (χ0n) is 13.9. The molecule has 0 heterocycles. The van der Waals surface area contributed by atoms with Crippen molar-refractivity contribution in [2.24, 2.45) is 0 Å². The van der Waals surface area contributed by atoms with E-state index in [1.165, 1.54) is 13.8 Å². The molecule has 0 rings (SSSR count). The van der Waals surface area contributed by atoms with Crippen molar-refractivity contribution in [2.45, 2.75) is 30.8 Å². The lowest BCUT2D eigenvalue weighted by molar-refractivity contribution is 0.419. The average Bonchev–Trinajstić information content (AvgIpc) is 2.55. The number of nitriles is 4. The molecule has 25 heavy (non-hydrogen) atoms. The molecule has 0 aromatic carbocycles. The molecule has 0 aliphatic heterocycles. The van der Waals surface area contributed by atoms with E-state index in [4.69, 9.17) is 21.0 Å². The Balaban J connectivity index is 6.60. The fraction of sp³-hybridized carbons (Fsp3) is 0.692. The van der Waals surface area contributed by atoms with Crippen molar-refractivity contribution >= 4 is 20.0 Å². The number of nitrogens with zero attached hydrogens (tertiary/aromatic N) is 6. The van der Waals surface area contributed by atoms with Gasteiger partial charge in [-0.25, -0.2) is 16.8 Å². The van der Waals surface area contributed by atoms with Crippen molar-refractivity contribution in [3.63, 3.8) is 0 Å². The summed E-state index contributed by atoms with van der Waals surface area (Å²) in [6, 6.07) is 6.37. The molecule has 0 spiro atoms. The Labute approximate surface area is 148 Å². The summed E-state index contributed by atoms with van der Waals surface area (Å²) in [7, 11) is -9.30. The van der Waals surface area contributed by atoms with Gasteiger partial charge in [0.05, 0.1) is 24.3 Å². The van der Waals surface area contributed by atoms with Gasteiger partial charge in [0.15, 0.2) is 0 Å². The van der Waals surface area contributed by atoms with Crippen LogP contribution in [-0.4, -0.2) is 55.7 Å². The van der Waals surface area contributed by atoms with Gasteiger partial charge in [0.2, 0.25) is 24.1 Å². The topological polar surface area (TPSA) is 170 Å². The van der Waals surface area contributed by atoms with E-state index >= 15 is 0 Å². The zero-order valence-corrected chi connectivity index (χ0v) is 15.5. The van der Waals surface area contributed by atoms with Crippen LogP contribution in [0.2, 0.25) is 0 Å². The van der Waals surface area contributed by atoms with Crippen molar-refractivity contribution in [2.75, 3.05) is 26.2 Å². The number of hydrogen-bond donors (Lipinski definition) is 0. The maximum absolute atomic E-state index is 13.0. The van der Waals surface area contributed by atoms with E-state index in [9.17, 15) is 16.8 Å². The fourth-order valence-electron chi connectivity index (χ4n) is 2.35. The molecule has 0 aliphatic rings. The molecular weight excluding hydrogens is 368 g/mol. The molecule has 0 saturated carbocycles. The molecular formula is C13H18N6O4S2. The molecule has 0 fully saturated rings. The van der Waals surface area contributed by atoms with E-state index in [1.807, 2.05) is 0 Å². The molecule has 0 bridgehead atoms. The van der Waals surface area contributed by atoms with E-state index in [0.29, 0.717) is 8.61 Å². The maximum atomic E-state index is 13.0. The van der Waals surface area contributed by atoms with E-state index in [2.05, 4.69) is 0 Å². The first kappa shape index (κ1) is 22.8. The van der Waals surface area contributed by atoms with Crippen molar-refractivity contribution in [3.8, 4) is 24.3 Å². The van der Waals surface area contributed by atoms with E-state index in [-0.39, 0.29) is 12.8 Å². The summed E-state index contributed by atoms with van der Waals surface area (Å²) >= 11 is 0. The molecule has 10 nitrogen and oxygen atoms in total. The second-order valence-corrected chi connectivity index (χ2v) is 9.55. The van der Waals surface area contributed by atoms with Crippen LogP contribution in [0.1, 0.15) is 26.7 Å². The van der Waals surface area contributed by atoms with Gasteiger partial charge in [0.1, 0.15) is 26.2 Å². The van der Waals surface area contributed by atoms with Gasteiger partial charge in [0.25, 0.3) is 0 Å². The van der Waals surface area contributed by atoms with Gasteiger partial charge in [0, 0.05) is 0 Å². The van der Waals surface area contributed by atoms with Crippen LogP contribution < -0.4 is 0 Å². The molecule has 0 saturated heterocycles. The molecule has 12 heteroatoms. The van der Waals surface area contributed by atoms with Crippen LogP contribution in [-0.2, 0) is 20.0 Å². The van der Waals surface area contributed by atoms with E-state index in [0.717, 1.165) is 0 Å². The molecule has 136 valence electrons. The lowest BCUT2D eigenvalue weighted by atomic mass is 10.2. The smallest absolute Gasteiger partial charge is 0.210 e. The van der Waals surface area contributed by atoms with Gasteiger partial charge >= 0.3 is 0 Å². The molecule has 0 aliphatic carbocycles. The Kier molecular flexibility index (Phi) is 8.49. The van der Waals surface area contributed by atoms with Crippen molar-refractivity contribution in [3.05, 3.63) is 0 Å². The molecule has 0 aromatic rings. The first-order chi connectivity index (χ1) is 11.7. The summed E-state index contributed by atoms with van der Waals surface area (Å²) in [4.78, 5) is 0. The minimum absolute atomic E-state index is 0.380. The Morgan fingerprint density at radius 2 is 0.920 bits per heavy atom. The summed E-state index contributed by atoms with van der Waals surface area (Å²) in [5, 5.41) is 35.2. The Morgan fingerprint density at radius 1 is 0.680 bits per heavy atom. The van der Waals surface area contributed by atoms with Crippen LogP contribution in [0.4, 0.5) is 0 Å². The van der Waals surface area contributed by atoms with E-state index < -0.39 is 50.3 Å². The fourth-order valence-corrected chi connectivity index (χ4v) is 7.36. The molecule has 0 N–H and O–H groups in total. The highest BCUT2D eigenvalue weighted by atomic mass is 32.3. The zero-order chi connectivity index (χ0) is 19.7. The summed E-state index contributed by atoms with van der Waals surface area (Å²) in [6.07, 6.45) is -0.760. The van der Waals surface area contributed by atoms with Gasteiger partial charge < -0.3 is 0 Å². The summed E-state index contributed by atoms with van der Waals surface area (Å²) in [5.74, 6) is 0. The lowest BCUT2D eigenvalue weighted by Crippen LogP contribution is -2.57. The summed E-state index contributed by atoms with van der Waals surface area (Å²) in [5.41, 5.74) is 0. The van der Waals surface area contributed by atoms with Crippen LogP contribution in [0.25, 0.3) is 0 Å². The van der Waals surface area contributed by atoms with Crippen molar-refractivity contribution in [1.82, 2.24) is 8.61 Å². The summed E-state index contributed by atoms with van der Waals surface area (Å²) in [6.45, 7) is -0.0838. The van der Waals surface area contributed by atoms with Gasteiger partial charge in [-0.2, -0.15) is 29.7 Å². The SMILES string of the molecule is CCC(CC)(S(=O)(=O)N(CC#N)CC#N)S(=O)(=O)N(CC#N)CC#N. The maximum Gasteiger partial charge on any atom is 0.237 e. The van der Waals surface area contributed by atoms with Gasteiger partial charge in [-0.05, 0) is 12.8 Å². The van der Waals surface area contributed by atoms with Crippen molar-refractivity contribution < 1.29 is 16.8 Å². The molecule has 0 aromatic heterocycles. The quantitative estimate of drug-likeness (QED) is 0.467. The van der Waals surface area contributed by atoms with Gasteiger partial charge in [-0.15, -0.1) is 0 Å². The number of hydrogen-bond acceptors (Lipinski definition) is 8. The molecule has 0 amide bonds. The first-order valence-electron chi connectivity index (χ1n) is 7.13. The van der Waals surface area contributed by atoms with Crippen LogP contribution in [0.15, 0.2) is 0 Å².